The third-order valence-corrected chi connectivity index (χ3v) is 2.57. The van der Waals surface area contributed by atoms with Gasteiger partial charge in [0, 0.05) is 5.39 Å². The van der Waals surface area contributed by atoms with E-state index in [2.05, 4.69) is 10.3 Å². The van der Waals surface area contributed by atoms with Crippen LogP contribution in [0.25, 0.3) is 10.9 Å². The highest BCUT2D eigenvalue weighted by Gasteiger charge is 2.16. The second-order valence-electron chi connectivity index (χ2n) is 3.84. The number of benzene rings is 1. The lowest BCUT2D eigenvalue weighted by atomic mass is 10.2. The number of hydrogen-bond acceptors (Lipinski definition) is 3. The zero-order valence-electron chi connectivity index (χ0n) is 8.53. The van der Waals surface area contributed by atoms with Crippen molar-refractivity contribution in [2.75, 3.05) is 11.9 Å². The molecule has 0 saturated carbocycles. The summed E-state index contributed by atoms with van der Waals surface area (Å²) < 4.78 is 5.71. The van der Waals surface area contributed by atoms with Gasteiger partial charge in [-0.3, -0.25) is 0 Å². The van der Waals surface area contributed by atoms with E-state index in [-0.39, 0.29) is 6.10 Å². The van der Waals surface area contributed by atoms with Gasteiger partial charge in [-0.25, -0.2) is 4.98 Å². The van der Waals surface area contributed by atoms with E-state index in [9.17, 15) is 0 Å². The fraction of sp³-hybridized carbons (Fsp3) is 0.250. The molecule has 0 aliphatic carbocycles. The highest BCUT2D eigenvalue weighted by atomic mass is 16.5. The average Bonchev–Trinajstić information content (AvgIpc) is 2.26. The molecule has 0 radical (unpaired) electrons. The third-order valence-electron chi connectivity index (χ3n) is 2.57. The van der Waals surface area contributed by atoms with Crippen molar-refractivity contribution in [1.29, 1.82) is 0 Å². The maximum atomic E-state index is 5.71. The third kappa shape index (κ3) is 1.40. The van der Waals surface area contributed by atoms with Crippen molar-refractivity contribution in [3.63, 3.8) is 0 Å². The summed E-state index contributed by atoms with van der Waals surface area (Å²) in [6.07, 6.45) is 0.209. The van der Waals surface area contributed by atoms with Gasteiger partial charge in [0.1, 0.15) is 6.10 Å². The fourth-order valence-corrected chi connectivity index (χ4v) is 1.81. The number of fused-ring (bicyclic) bond motifs is 2. The van der Waals surface area contributed by atoms with Gasteiger partial charge in [0.05, 0.1) is 12.1 Å². The number of ether oxygens (including phenoxy) is 1. The SMILES string of the molecule is C[C@@H]1CNc2nc3ccccc3cc2O1. The maximum Gasteiger partial charge on any atom is 0.169 e. The predicted octanol–water partition coefficient (Wildman–Crippen LogP) is 2.43. The molecule has 0 spiro atoms. The highest BCUT2D eigenvalue weighted by Crippen LogP contribution is 2.30. The van der Waals surface area contributed by atoms with Crippen LogP contribution in [0.3, 0.4) is 0 Å². The quantitative estimate of drug-likeness (QED) is 0.709. The molecule has 15 heavy (non-hydrogen) atoms. The normalized spacial score (nSPS) is 19.1. The molecule has 1 aromatic carbocycles. The first kappa shape index (κ1) is 8.53. The van der Waals surface area contributed by atoms with Gasteiger partial charge in [0.15, 0.2) is 11.6 Å². The molecule has 3 rings (SSSR count). The molecule has 3 nitrogen and oxygen atoms in total. The minimum atomic E-state index is 0.209. The standard InChI is InChI=1S/C12H12N2O/c1-8-7-13-12-11(15-8)6-9-4-2-3-5-10(9)14-12/h2-6,8H,7H2,1H3,(H,13,14)/t8-/m1/s1. The zero-order valence-corrected chi connectivity index (χ0v) is 8.53. The molecular formula is C12H12N2O. The number of aromatic nitrogens is 1. The Morgan fingerprint density at radius 2 is 2.27 bits per heavy atom. The molecule has 3 heteroatoms. The van der Waals surface area contributed by atoms with E-state index in [1.807, 2.05) is 37.3 Å². The minimum Gasteiger partial charge on any atom is -0.485 e. The first-order chi connectivity index (χ1) is 7.33. The van der Waals surface area contributed by atoms with Crippen molar-refractivity contribution in [2.45, 2.75) is 13.0 Å². The summed E-state index contributed by atoms with van der Waals surface area (Å²) in [6.45, 7) is 2.86. The van der Waals surface area contributed by atoms with Crippen molar-refractivity contribution >= 4 is 16.7 Å². The van der Waals surface area contributed by atoms with Crippen LogP contribution in [-0.2, 0) is 0 Å². The highest BCUT2D eigenvalue weighted by molar-refractivity contribution is 5.83. The first-order valence-corrected chi connectivity index (χ1v) is 5.13. The fourth-order valence-electron chi connectivity index (χ4n) is 1.81. The van der Waals surface area contributed by atoms with E-state index in [1.54, 1.807) is 0 Å². The monoisotopic (exact) mass is 200 g/mol. The summed E-state index contributed by atoms with van der Waals surface area (Å²) in [5.74, 6) is 1.71. The number of anilines is 1. The molecule has 0 saturated heterocycles. The molecule has 0 unspecified atom stereocenters. The molecule has 0 fully saturated rings. The number of nitrogens with zero attached hydrogens (tertiary/aromatic N) is 1. The number of para-hydroxylation sites is 1. The van der Waals surface area contributed by atoms with Gasteiger partial charge in [-0.15, -0.1) is 0 Å². The van der Waals surface area contributed by atoms with Crippen LogP contribution in [0.4, 0.5) is 5.82 Å². The number of rotatable bonds is 0. The molecule has 1 aromatic heterocycles. The smallest absolute Gasteiger partial charge is 0.169 e. The largest absolute Gasteiger partial charge is 0.485 e. The van der Waals surface area contributed by atoms with Crippen LogP contribution in [0, 0.1) is 0 Å². The molecule has 1 aliphatic rings. The van der Waals surface area contributed by atoms with Gasteiger partial charge in [-0.2, -0.15) is 0 Å². The van der Waals surface area contributed by atoms with Gasteiger partial charge in [0.2, 0.25) is 0 Å². The Kier molecular flexibility index (Phi) is 1.78. The molecule has 76 valence electrons. The summed E-state index contributed by atoms with van der Waals surface area (Å²) in [5.41, 5.74) is 1.00. The van der Waals surface area contributed by atoms with Crippen molar-refractivity contribution in [3.8, 4) is 5.75 Å². The van der Waals surface area contributed by atoms with E-state index in [4.69, 9.17) is 4.74 Å². The van der Waals surface area contributed by atoms with E-state index >= 15 is 0 Å². The van der Waals surface area contributed by atoms with Gasteiger partial charge in [-0.1, -0.05) is 18.2 Å². The lowest BCUT2D eigenvalue weighted by Gasteiger charge is -2.24. The molecule has 0 bridgehead atoms. The number of pyridine rings is 1. The zero-order chi connectivity index (χ0) is 10.3. The lowest BCUT2D eigenvalue weighted by Crippen LogP contribution is -2.28. The van der Waals surface area contributed by atoms with Crippen LogP contribution in [-0.4, -0.2) is 17.6 Å². The average molecular weight is 200 g/mol. The summed E-state index contributed by atoms with van der Waals surface area (Å²) in [7, 11) is 0. The van der Waals surface area contributed by atoms with Crippen molar-refractivity contribution in [3.05, 3.63) is 30.3 Å². The van der Waals surface area contributed by atoms with E-state index < -0.39 is 0 Å². The van der Waals surface area contributed by atoms with Crippen molar-refractivity contribution in [1.82, 2.24) is 4.98 Å². The Hall–Kier alpha value is -1.77. The van der Waals surface area contributed by atoms with Crippen LogP contribution in [0.1, 0.15) is 6.92 Å². The molecule has 2 heterocycles. The van der Waals surface area contributed by atoms with Crippen LogP contribution in [0.2, 0.25) is 0 Å². The Balaban J connectivity index is 2.20. The van der Waals surface area contributed by atoms with Gasteiger partial charge < -0.3 is 10.1 Å². The van der Waals surface area contributed by atoms with Crippen LogP contribution in [0.15, 0.2) is 30.3 Å². The van der Waals surface area contributed by atoms with E-state index in [0.717, 1.165) is 29.0 Å². The summed E-state index contributed by atoms with van der Waals surface area (Å²) >= 11 is 0. The number of nitrogens with one attached hydrogen (secondary N) is 1. The second-order valence-corrected chi connectivity index (χ2v) is 3.84. The Bertz CT molecular complexity index is 510. The second kappa shape index (κ2) is 3.12. The lowest BCUT2D eigenvalue weighted by molar-refractivity contribution is 0.225. The Morgan fingerprint density at radius 1 is 1.40 bits per heavy atom. The summed E-state index contributed by atoms with van der Waals surface area (Å²) in [6, 6.07) is 10.1. The van der Waals surface area contributed by atoms with Crippen LogP contribution in [0.5, 0.6) is 5.75 Å². The topological polar surface area (TPSA) is 34.2 Å². The van der Waals surface area contributed by atoms with Gasteiger partial charge in [0.25, 0.3) is 0 Å². The molecule has 1 N–H and O–H groups in total. The summed E-state index contributed by atoms with van der Waals surface area (Å²) in [5, 5.41) is 4.39. The van der Waals surface area contributed by atoms with E-state index in [0.29, 0.717) is 0 Å². The Labute approximate surface area is 88.1 Å². The predicted molar refractivity (Wildman–Crippen MR) is 60.3 cm³/mol. The summed E-state index contributed by atoms with van der Waals surface area (Å²) in [4.78, 5) is 4.51. The first-order valence-electron chi connectivity index (χ1n) is 5.13. The Morgan fingerprint density at radius 3 is 3.20 bits per heavy atom. The van der Waals surface area contributed by atoms with Crippen LogP contribution < -0.4 is 10.1 Å². The minimum absolute atomic E-state index is 0.209. The number of hydrogen-bond donors (Lipinski definition) is 1. The van der Waals surface area contributed by atoms with Gasteiger partial charge >= 0.3 is 0 Å². The molecule has 1 aliphatic heterocycles. The maximum absolute atomic E-state index is 5.71. The van der Waals surface area contributed by atoms with Crippen LogP contribution >= 0.6 is 0 Å². The van der Waals surface area contributed by atoms with Crippen molar-refractivity contribution < 1.29 is 4.74 Å². The molecule has 2 aromatic rings. The molecular weight excluding hydrogens is 188 g/mol. The van der Waals surface area contributed by atoms with Crippen molar-refractivity contribution in [2.24, 2.45) is 0 Å². The van der Waals surface area contributed by atoms with E-state index in [1.165, 1.54) is 0 Å². The molecule has 1 atom stereocenters. The molecule has 0 amide bonds. The van der Waals surface area contributed by atoms with Gasteiger partial charge in [-0.05, 0) is 19.1 Å².